The Morgan fingerprint density at radius 3 is 3.10 bits per heavy atom. The zero-order valence-electron chi connectivity index (χ0n) is 12.2. The number of nitrogens with zero attached hydrogens (tertiary/aromatic N) is 2. The molecule has 0 spiro atoms. The summed E-state index contributed by atoms with van der Waals surface area (Å²) >= 11 is 0. The normalized spacial score (nSPS) is 18.6. The maximum Gasteiger partial charge on any atom is 0.188 e. The Kier molecular flexibility index (Phi) is 4.52. The van der Waals surface area contributed by atoms with Gasteiger partial charge in [-0.1, -0.05) is 12.1 Å². The number of rotatable bonds is 5. The fourth-order valence-corrected chi connectivity index (χ4v) is 2.47. The topological polar surface area (TPSA) is 45.5 Å². The minimum absolute atomic E-state index is 0.0698. The number of ether oxygens (including phenoxy) is 3. The van der Waals surface area contributed by atoms with Crippen LogP contribution in [0.1, 0.15) is 25.5 Å². The molecule has 1 aromatic carbocycles. The number of aromatic nitrogens is 2. The van der Waals surface area contributed by atoms with Crippen LogP contribution in [0, 0.1) is 0 Å². The molecule has 112 valence electrons. The van der Waals surface area contributed by atoms with Gasteiger partial charge in [-0.25, -0.2) is 4.68 Å². The Labute approximate surface area is 124 Å². The van der Waals surface area contributed by atoms with Gasteiger partial charge in [0.05, 0.1) is 6.20 Å². The van der Waals surface area contributed by atoms with Crippen molar-refractivity contribution in [3.8, 4) is 16.9 Å². The van der Waals surface area contributed by atoms with Crippen molar-refractivity contribution in [3.05, 3.63) is 36.7 Å². The summed E-state index contributed by atoms with van der Waals surface area (Å²) in [6.07, 6.45) is 7.33. The molecule has 0 amide bonds. The zero-order chi connectivity index (χ0) is 14.5. The first kappa shape index (κ1) is 14.1. The van der Waals surface area contributed by atoms with E-state index < -0.39 is 0 Å². The summed E-state index contributed by atoms with van der Waals surface area (Å²) in [4.78, 5) is 0. The summed E-state index contributed by atoms with van der Waals surface area (Å²) in [5.41, 5.74) is 2.14. The molecule has 1 saturated heterocycles. The minimum Gasteiger partial charge on any atom is -0.468 e. The number of methoxy groups -OCH3 is 1. The second-order valence-electron chi connectivity index (χ2n) is 5.11. The molecule has 1 aromatic heterocycles. The van der Waals surface area contributed by atoms with Crippen molar-refractivity contribution < 1.29 is 14.2 Å². The monoisotopic (exact) mass is 288 g/mol. The van der Waals surface area contributed by atoms with E-state index in [9.17, 15) is 0 Å². The maximum absolute atomic E-state index is 5.75. The van der Waals surface area contributed by atoms with E-state index in [0.717, 1.165) is 36.3 Å². The Morgan fingerprint density at radius 2 is 2.29 bits per heavy atom. The lowest BCUT2D eigenvalue weighted by Crippen LogP contribution is -2.18. The zero-order valence-corrected chi connectivity index (χ0v) is 12.2. The molecule has 1 fully saturated rings. The third kappa shape index (κ3) is 3.43. The largest absolute Gasteiger partial charge is 0.468 e. The molecule has 1 aliphatic heterocycles. The minimum atomic E-state index is 0.0698. The molecule has 2 aromatic rings. The van der Waals surface area contributed by atoms with E-state index in [1.807, 2.05) is 41.3 Å². The smallest absolute Gasteiger partial charge is 0.188 e. The molecule has 0 radical (unpaired) electrons. The number of hydrogen-bond donors (Lipinski definition) is 0. The molecule has 0 saturated carbocycles. The summed E-state index contributed by atoms with van der Waals surface area (Å²) in [5, 5.41) is 4.43. The highest BCUT2D eigenvalue weighted by atomic mass is 16.7. The standard InChI is InChI=1S/C16H20N2O3/c1-19-12-21-15-6-4-5-13(9-15)14-10-17-18(11-14)16-7-2-3-8-20-16/h4-6,9-11,16H,2-3,7-8,12H2,1H3. The second-order valence-corrected chi connectivity index (χ2v) is 5.11. The van der Waals surface area contributed by atoms with E-state index in [1.54, 1.807) is 7.11 Å². The molecule has 0 bridgehead atoms. The van der Waals surface area contributed by atoms with Crippen LogP contribution in [0.3, 0.4) is 0 Å². The molecule has 1 unspecified atom stereocenters. The van der Waals surface area contributed by atoms with E-state index in [2.05, 4.69) is 5.10 Å². The molecule has 0 N–H and O–H groups in total. The van der Waals surface area contributed by atoms with E-state index in [1.165, 1.54) is 6.42 Å². The fourth-order valence-electron chi connectivity index (χ4n) is 2.47. The van der Waals surface area contributed by atoms with Crippen molar-refractivity contribution in [2.45, 2.75) is 25.5 Å². The average Bonchev–Trinajstić information content (AvgIpc) is 3.04. The summed E-state index contributed by atoms with van der Waals surface area (Å²) in [6, 6.07) is 7.91. The second kappa shape index (κ2) is 6.74. The molecule has 1 aliphatic rings. The van der Waals surface area contributed by atoms with Gasteiger partial charge in [-0.3, -0.25) is 0 Å². The third-order valence-electron chi connectivity index (χ3n) is 3.56. The summed E-state index contributed by atoms with van der Waals surface area (Å²) in [5.74, 6) is 0.788. The lowest BCUT2D eigenvalue weighted by Gasteiger charge is -2.22. The molecule has 21 heavy (non-hydrogen) atoms. The maximum atomic E-state index is 5.75. The van der Waals surface area contributed by atoms with Gasteiger partial charge in [0.15, 0.2) is 6.79 Å². The first-order valence-corrected chi connectivity index (χ1v) is 7.25. The highest BCUT2D eigenvalue weighted by Crippen LogP contribution is 2.27. The van der Waals surface area contributed by atoms with Crippen LogP contribution < -0.4 is 4.74 Å². The fraction of sp³-hybridized carbons (Fsp3) is 0.438. The van der Waals surface area contributed by atoms with E-state index in [4.69, 9.17) is 14.2 Å². The Balaban J connectivity index is 1.76. The quantitative estimate of drug-likeness (QED) is 0.792. The molecular formula is C16H20N2O3. The number of hydrogen-bond acceptors (Lipinski definition) is 4. The van der Waals surface area contributed by atoms with E-state index >= 15 is 0 Å². The Morgan fingerprint density at radius 1 is 1.33 bits per heavy atom. The van der Waals surface area contributed by atoms with Crippen LogP contribution in [0.5, 0.6) is 5.75 Å². The van der Waals surface area contributed by atoms with Crippen LogP contribution in [0.2, 0.25) is 0 Å². The van der Waals surface area contributed by atoms with E-state index in [0.29, 0.717) is 0 Å². The van der Waals surface area contributed by atoms with Crippen molar-refractivity contribution >= 4 is 0 Å². The molecule has 3 rings (SSSR count). The highest BCUT2D eigenvalue weighted by molar-refractivity contribution is 5.63. The van der Waals surface area contributed by atoms with Crippen LogP contribution in [0.25, 0.3) is 11.1 Å². The summed E-state index contributed by atoms with van der Waals surface area (Å²) in [6.45, 7) is 1.07. The molecule has 5 heteroatoms. The molecule has 5 nitrogen and oxygen atoms in total. The first-order valence-electron chi connectivity index (χ1n) is 7.25. The summed E-state index contributed by atoms with van der Waals surface area (Å²) in [7, 11) is 1.61. The molecular weight excluding hydrogens is 268 g/mol. The van der Waals surface area contributed by atoms with Gasteiger partial charge in [-0.2, -0.15) is 5.10 Å². The summed E-state index contributed by atoms with van der Waals surface area (Å²) < 4.78 is 18.0. The SMILES string of the molecule is COCOc1cccc(-c2cnn(C3CCCCO3)c2)c1. The molecule has 2 heterocycles. The van der Waals surface area contributed by atoms with Crippen LogP contribution >= 0.6 is 0 Å². The lowest BCUT2D eigenvalue weighted by molar-refractivity contribution is -0.0394. The van der Waals surface area contributed by atoms with Gasteiger partial charge in [0.2, 0.25) is 0 Å². The van der Waals surface area contributed by atoms with Gasteiger partial charge < -0.3 is 14.2 Å². The van der Waals surface area contributed by atoms with Gasteiger partial charge in [-0.15, -0.1) is 0 Å². The molecule has 0 aliphatic carbocycles. The van der Waals surface area contributed by atoms with E-state index in [-0.39, 0.29) is 13.0 Å². The van der Waals surface area contributed by atoms with Crippen LogP contribution in [0.15, 0.2) is 36.7 Å². The first-order chi connectivity index (χ1) is 10.4. The average molecular weight is 288 g/mol. The van der Waals surface area contributed by atoms with Crippen molar-refractivity contribution in [2.24, 2.45) is 0 Å². The molecule has 1 atom stereocenters. The van der Waals surface area contributed by atoms with Crippen LogP contribution in [-0.4, -0.2) is 30.3 Å². The lowest BCUT2D eigenvalue weighted by atomic mass is 10.1. The van der Waals surface area contributed by atoms with Gasteiger partial charge in [0, 0.05) is 25.5 Å². The Hall–Kier alpha value is -1.85. The van der Waals surface area contributed by atoms with Gasteiger partial charge >= 0.3 is 0 Å². The Bertz CT molecular complexity index is 576. The van der Waals surface area contributed by atoms with Gasteiger partial charge in [0.25, 0.3) is 0 Å². The van der Waals surface area contributed by atoms with Crippen molar-refractivity contribution in [3.63, 3.8) is 0 Å². The van der Waals surface area contributed by atoms with Crippen molar-refractivity contribution in [1.82, 2.24) is 9.78 Å². The predicted molar refractivity (Wildman–Crippen MR) is 79.0 cm³/mol. The van der Waals surface area contributed by atoms with Crippen LogP contribution in [0.4, 0.5) is 0 Å². The highest BCUT2D eigenvalue weighted by Gasteiger charge is 2.16. The van der Waals surface area contributed by atoms with Gasteiger partial charge in [-0.05, 0) is 37.0 Å². The van der Waals surface area contributed by atoms with Crippen molar-refractivity contribution in [2.75, 3.05) is 20.5 Å². The predicted octanol–water partition coefficient (Wildman–Crippen LogP) is 3.23. The van der Waals surface area contributed by atoms with Crippen molar-refractivity contribution in [1.29, 1.82) is 0 Å². The number of benzene rings is 1. The van der Waals surface area contributed by atoms with Gasteiger partial charge in [0.1, 0.15) is 12.0 Å². The third-order valence-corrected chi connectivity index (χ3v) is 3.56. The van der Waals surface area contributed by atoms with Crippen LogP contribution in [-0.2, 0) is 9.47 Å².